The highest BCUT2D eigenvalue weighted by Crippen LogP contribution is 2.33. The van der Waals surface area contributed by atoms with Crippen molar-refractivity contribution >= 4 is 5.91 Å². The fraction of sp³-hybridized carbons (Fsp3) is 0.429. The van der Waals surface area contributed by atoms with Crippen LogP contribution >= 0.6 is 0 Å². The largest absolute Gasteiger partial charge is 0.416 e. The Hall–Kier alpha value is -2.41. The van der Waals surface area contributed by atoms with Crippen molar-refractivity contribution in [3.05, 3.63) is 53.7 Å². The summed E-state index contributed by atoms with van der Waals surface area (Å²) in [5.41, 5.74) is -0.540. The van der Waals surface area contributed by atoms with Crippen LogP contribution < -0.4 is 0 Å². The first kappa shape index (κ1) is 20.3. The van der Waals surface area contributed by atoms with Gasteiger partial charge in [0.1, 0.15) is 5.60 Å². The van der Waals surface area contributed by atoms with Gasteiger partial charge in [0.25, 0.3) is 5.91 Å². The van der Waals surface area contributed by atoms with Crippen molar-refractivity contribution in [3.8, 4) is 11.3 Å². The van der Waals surface area contributed by atoms with Crippen LogP contribution in [0.2, 0.25) is 0 Å². The second-order valence-electron chi connectivity index (χ2n) is 7.68. The van der Waals surface area contributed by atoms with Crippen LogP contribution in [0, 0.1) is 0 Å². The molecule has 150 valence electrons. The van der Waals surface area contributed by atoms with Crippen LogP contribution in [-0.4, -0.2) is 39.6 Å². The molecule has 1 amide bonds. The highest BCUT2D eigenvalue weighted by atomic mass is 19.4. The second-order valence-corrected chi connectivity index (χ2v) is 7.68. The summed E-state index contributed by atoms with van der Waals surface area (Å²) in [4.78, 5) is 18.6. The number of likely N-dealkylation sites (tertiary alicyclic amines) is 1. The molecule has 1 atom stereocenters. The summed E-state index contributed by atoms with van der Waals surface area (Å²) in [6, 6.07) is 10.4. The molecule has 2 heterocycles. The zero-order valence-electron chi connectivity index (χ0n) is 15.8. The third-order valence-electron chi connectivity index (χ3n) is 4.91. The number of hydrogen-bond acceptors (Lipinski definition) is 3. The van der Waals surface area contributed by atoms with Crippen molar-refractivity contribution in [2.45, 2.75) is 44.4 Å². The minimum absolute atomic E-state index is 0.0224. The molecule has 1 aliphatic heterocycles. The molecule has 1 N–H and O–H groups in total. The predicted molar refractivity (Wildman–Crippen MR) is 99.5 cm³/mol. The molecular formula is C21H23F3N2O2. The third kappa shape index (κ3) is 4.52. The van der Waals surface area contributed by atoms with Gasteiger partial charge in [-0.2, -0.15) is 13.2 Å². The van der Waals surface area contributed by atoms with Gasteiger partial charge in [-0.3, -0.25) is 9.78 Å². The van der Waals surface area contributed by atoms with Crippen LogP contribution in [0.3, 0.4) is 0 Å². The maximum Gasteiger partial charge on any atom is 0.416 e. The van der Waals surface area contributed by atoms with Crippen LogP contribution in [0.5, 0.6) is 0 Å². The van der Waals surface area contributed by atoms with Gasteiger partial charge in [0.05, 0.1) is 11.3 Å². The fourth-order valence-corrected chi connectivity index (χ4v) is 3.48. The highest BCUT2D eigenvalue weighted by Gasteiger charge is 2.33. The number of piperidine rings is 1. The van der Waals surface area contributed by atoms with Crippen molar-refractivity contribution < 1.29 is 23.1 Å². The molecule has 0 radical (unpaired) electrons. The lowest BCUT2D eigenvalue weighted by molar-refractivity contribution is -0.149. The van der Waals surface area contributed by atoms with Gasteiger partial charge < -0.3 is 10.0 Å². The first-order chi connectivity index (χ1) is 13.1. The molecule has 1 saturated heterocycles. The number of nitrogens with zero attached hydrogens (tertiary/aromatic N) is 2. The quantitative estimate of drug-likeness (QED) is 0.850. The lowest BCUT2D eigenvalue weighted by Gasteiger charge is -2.35. The van der Waals surface area contributed by atoms with Gasteiger partial charge in [0, 0.05) is 30.3 Å². The summed E-state index contributed by atoms with van der Waals surface area (Å²) >= 11 is 0. The van der Waals surface area contributed by atoms with Gasteiger partial charge in [-0.15, -0.1) is 0 Å². The number of hydrogen-bond donors (Lipinski definition) is 1. The lowest BCUT2D eigenvalue weighted by Crippen LogP contribution is -2.48. The zero-order valence-corrected chi connectivity index (χ0v) is 15.8. The van der Waals surface area contributed by atoms with E-state index in [2.05, 4.69) is 4.98 Å². The number of benzene rings is 1. The van der Waals surface area contributed by atoms with Gasteiger partial charge in [-0.05, 0) is 51.0 Å². The van der Waals surface area contributed by atoms with Gasteiger partial charge in [-0.1, -0.05) is 18.2 Å². The molecule has 7 heteroatoms. The van der Waals surface area contributed by atoms with E-state index in [1.807, 2.05) is 6.07 Å². The Morgan fingerprint density at radius 1 is 1.18 bits per heavy atom. The lowest BCUT2D eigenvalue weighted by atomic mass is 9.92. The number of carbonyl (C=O) groups is 1. The number of pyridine rings is 1. The molecule has 1 aromatic carbocycles. The molecule has 0 saturated carbocycles. The minimum Gasteiger partial charge on any atom is -0.381 e. The zero-order chi connectivity index (χ0) is 20.5. The molecule has 0 unspecified atom stereocenters. The summed E-state index contributed by atoms with van der Waals surface area (Å²) < 4.78 is 39.0. The Labute approximate surface area is 162 Å². The monoisotopic (exact) mass is 392 g/mol. The van der Waals surface area contributed by atoms with E-state index in [0.717, 1.165) is 30.7 Å². The van der Waals surface area contributed by atoms with E-state index in [4.69, 9.17) is 0 Å². The van der Waals surface area contributed by atoms with Crippen molar-refractivity contribution in [1.82, 2.24) is 9.88 Å². The average molecular weight is 392 g/mol. The van der Waals surface area contributed by atoms with E-state index in [1.165, 1.54) is 19.9 Å². The number of halogens is 3. The summed E-state index contributed by atoms with van der Waals surface area (Å²) in [7, 11) is 0. The molecule has 0 bridgehead atoms. The number of aliphatic hydroxyl groups is 1. The Balaban J connectivity index is 1.85. The van der Waals surface area contributed by atoms with Crippen molar-refractivity contribution in [2.24, 2.45) is 0 Å². The maximum atomic E-state index is 13.0. The molecule has 28 heavy (non-hydrogen) atoms. The molecule has 1 aliphatic rings. The van der Waals surface area contributed by atoms with E-state index in [9.17, 15) is 23.1 Å². The number of carbonyl (C=O) groups excluding carboxylic acids is 1. The first-order valence-electron chi connectivity index (χ1n) is 9.22. The maximum absolute atomic E-state index is 13.0. The van der Waals surface area contributed by atoms with Crippen LogP contribution in [0.1, 0.15) is 43.9 Å². The number of rotatable bonds is 3. The fourth-order valence-electron chi connectivity index (χ4n) is 3.48. The third-order valence-corrected chi connectivity index (χ3v) is 4.91. The summed E-state index contributed by atoms with van der Waals surface area (Å²) in [6.45, 7) is 3.94. The normalized spacial score (nSPS) is 18.2. The molecule has 1 fully saturated rings. The number of alkyl halides is 3. The molecule has 0 spiro atoms. The predicted octanol–water partition coefficient (Wildman–Crippen LogP) is 4.24. The second kappa shape index (κ2) is 7.54. The van der Waals surface area contributed by atoms with E-state index >= 15 is 0 Å². The van der Waals surface area contributed by atoms with Crippen LogP contribution in [0.15, 0.2) is 42.5 Å². The summed E-state index contributed by atoms with van der Waals surface area (Å²) in [5.74, 6) is -0.350. The standard InChI is InChI=1S/C21H23F3N2O2/c1-20(2,28)19(27)26-11-5-7-15(13-26)18-10-4-9-17(25-18)14-6-3-8-16(12-14)21(22,23)24/h3-4,6,8-10,12,15,28H,5,7,11,13H2,1-2H3/t15-/m1/s1. The van der Waals surface area contributed by atoms with Crippen LogP contribution in [0.25, 0.3) is 11.3 Å². The average Bonchev–Trinajstić information content (AvgIpc) is 2.66. The Morgan fingerprint density at radius 2 is 1.89 bits per heavy atom. The van der Waals surface area contributed by atoms with E-state index in [1.54, 1.807) is 23.1 Å². The van der Waals surface area contributed by atoms with Crippen molar-refractivity contribution in [3.63, 3.8) is 0 Å². The van der Waals surface area contributed by atoms with Gasteiger partial charge in [0.15, 0.2) is 0 Å². The van der Waals surface area contributed by atoms with Gasteiger partial charge in [0.2, 0.25) is 0 Å². The molecular weight excluding hydrogens is 369 g/mol. The van der Waals surface area contributed by atoms with E-state index in [-0.39, 0.29) is 11.8 Å². The van der Waals surface area contributed by atoms with Crippen molar-refractivity contribution in [1.29, 1.82) is 0 Å². The topological polar surface area (TPSA) is 53.4 Å². The van der Waals surface area contributed by atoms with E-state index < -0.39 is 17.3 Å². The molecule has 3 rings (SSSR count). The smallest absolute Gasteiger partial charge is 0.381 e. The van der Waals surface area contributed by atoms with Crippen LogP contribution in [0.4, 0.5) is 13.2 Å². The summed E-state index contributed by atoms with van der Waals surface area (Å²) in [5, 5.41) is 9.98. The van der Waals surface area contributed by atoms with E-state index in [0.29, 0.717) is 24.3 Å². The SMILES string of the molecule is CC(C)(O)C(=O)N1CCC[C@@H](c2cccc(-c3cccc(C(F)(F)F)c3)n2)C1. The number of amides is 1. The molecule has 0 aliphatic carbocycles. The summed E-state index contributed by atoms with van der Waals surface area (Å²) in [6.07, 6.45) is -2.80. The minimum atomic E-state index is -4.41. The molecule has 4 nitrogen and oxygen atoms in total. The van der Waals surface area contributed by atoms with Crippen LogP contribution in [-0.2, 0) is 11.0 Å². The van der Waals surface area contributed by atoms with Gasteiger partial charge >= 0.3 is 6.18 Å². The Morgan fingerprint density at radius 3 is 2.57 bits per heavy atom. The van der Waals surface area contributed by atoms with Crippen molar-refractivity contribution in [2.75, 3.05) is 13.1 Å². The molecule has 2 aromatic rings. The van der Waals surface area contributed by atoms with Gasteiger partial charge in [-0.25, -0.2) is 0 Å². The first-order valence-corrected chi connectivity index (χ1v) is 9.22. The number of aromatic nitrogens is 1. The highest BCUT2D eigenvalue weighted by molar-refractivity contribution is 5.84. The Kier molecular flexibility index (Phi) is 5.48. The molecule has 1 aromatic heterocycles. The Bertz CT molecular complexity index is 859.